The lowest BCUT2D eigenvalue weighted by molar-refractivity contribution is 0.411. The van der Waals surface area contributed by atoms with Crippen LogP contribution in [0.5, 0.6) is 0 Å². The van der Waals surface area contributed by atoms with E-state index in [9.17, 15) is 0 Å². The van der Waals surface area contributed by atoms with Crippen LogP contribution in [0.4, 0.5) is 0 Å². The predicted molar refractivity (Wildman–Crippen MR) is 214 cm³/mol. The van der Waals surface area contributed by atoms with Gasteiger partial charge < -0.3 is 0 Å². The molecule has 0 atom stereocenters. The molecule has 0 spiro atoms. The Labute approximate surface area is 291 Å². The van der Waals surface area contributed by atoms with Crippen LogP contribution < -0.4 is 26.1 Å². The molecule has 4 aromatic carbocycles. The smallest absolute Gasteiger partial charge is 0.0300 e. The van der Waals surface area contributed by atoms with E-state index in [2.05, 4.69) is 185 Å². The van der Waals surface area contributed by atoms with Crippen molar-refractivity contribution in [1.29, 1.82) is 0 Å². The van der Waals surface area contributed by atoms with Crippen LogP contribution in [0.3, 0.4) is 0 Å². The molecular formula is C44H61NP2. The highest BCUT2D eigenvalue weighted by atomic mass is 31.2. The summed E-state index contributed by atoms with van der Waals surface area (Å²) in [6.45, 7) is 28.4. The lowest BCUT2D eigenvalue weighted by Gasteiger charge is -2.34. The molecule has 0 heterocycles. The zero-order valence-electron chi connectivity index (χ0n) is 31.5. The molecule has 252 valence electrons. The lowest BCUT2D eigenvalue weighted by Crippen LogP contribution is -2.34. The maximum Gasteiger partial charge on any atom is 0.0300 e. The highest BCUT2D eigenvalue weighted by Crippen LogP contribution is 2.46. The first-order valence-corrected chi connectivity index (χ1v) is 20.2. The average Bonchev–Trinajstić information content (AvgIpc) is 2.93. The second-order valence-corrected chi connectivity index (χ2v) is 22.3. The van der Waals surface area contributed by atoms with Crippen LogP contribution >= 0.6 is 16.1 Å². The molecule has 1 N–H and O–H groups in total. The van der Waals surface area contributed by atoms with E-state index < -0.39 is 16.1 Å². The van der Waals surface area contributed by atoms with Crippen molar-refractivity contribution in [1.82, 2.24) is 4.86 Å². The van der Waals surface area contributed by atoms with Gasteiger partial charge in [-0.2, -0.15) is 0 Å². The van der Waals surface area contributed by atoms with Crippen molar-refractivity contribution in [3.8, 4) is 0 Å². The topological polar surface area (TPSA) is 12.0 Å². The van der Waals surface area contributed by atoms with Gasteiger partial charge >= 0.3 is 0 Å². The Morgan fingerprint density at radius 1 is 0.340 bits per heavy atom. The monoisotopic (exact) mass is 665 g/mol. The maximum atomic E-state index is 4.55. The highest BCUT2D eigenvalue weighted by molar-refractivity contribution is 7.85. The van der Waals surface area contributed by atoms with Gasteiger partial charge in [0, 0.05) is 16.1 Å². The molecule has 0 amide bonds. The Bertz CT molecular complexity index is 1370. The van der Waals surface area contributed by atoms with Crippen LogP contribution in [0.1, 0.15) is 105 Å². The van der Waals surface area contributed by atoms with Crippen molar-refractivity contribution < 1.29 is 0 Å². The Morgan fingerprint density at radius 3 is 0.723 bits per heavy atom. The third-order valence-corrected chi connectivity index (χ3v) is 13.3. The Morgan fingerprint density at radius 2 is 0.532 bits per heavy atom. The molecule has 0 fully saturated rings. The van der Waals surface area contributed by atoms with E-state index in [1.54, 1.807) is 0 Å². The van der Waals surface area contributed by atoms with Crippen LogP contribution in [0, 0.1) is 21.7 Å². The maximum absolute atomic E-state index is 4.55. The number of hydrogen-bond donors (Lipinski definition) is 1. The highest BCUT2D eigenvalue weighted by Gasteiger charge is 2.30. The van der Waals surface area contributed by atoms with E-state index in [0.717, 1.165) is 25.7 Å². The van der Waals surface area contributed by atoms with Gasteiger partial charge in [0.25, 0.3) is 0 Å². The van der Waals surface area contributed by atoms with E-state index in [4.69, 9.17) is 0 Å². The summed E-state index contributed by atoms with van der Waals surface area (Å²) < 4.78 is 0. The fourth-order valence-corrected chi connectivity index (χ4v) is 12.1. The minimum atomic E-state index is -0.897. The van der Waals surface area contributed by atoms with Gasteiger partial charge in [0.05, 0.1) is 0 Å². The molecule has 0 aliphatic carbocycles. The van der Waals surface area contributed by atoms with Gasteiger partial charge in [-0.15, -0.1) is 0 Å². The molecule has 4 rings (SSSR count). The molecule has 0 radical (unpaired) electrons. The van der Waals surface area contributed by atoms with Crippen molar-refractivity contribution in [2.75, 3.05) is 0 Å². The lowest BCUT2D eigenvalue weighted by atomic mass is 9.88. The molecule has 0 aromatic heterocycles. The molecule has 0 saturated heterocycles. The minimum Gasteiger partial charge on any atom is -0.259 e. The standard InChI is InChI=1S/C44H61NP2/c1-41(2,3)29-33-21-13-17-25-37(33)46(38-26-18-14-22-34(38)30-42(4,5)6)45-47(39-27-19-15-23-35(39)31-43(7,8)9)40-28-20-16-24-36(40)32-44(10,11)12/h13-28,45H,29-32H2,1-12H3. The van der Waals surface area contributed by atoms with Crippen LogP contribution in [0.2, 0.25) is 0 Å². The first-order valence-electron chi connectivity index (χ1n) is 17.5. The summed E-state index contributed by atoms with van der Waals surface area (Å²) >= 11 is 0. The van der Waals surface area contributed by atoms with Gasteiger partial charge in [0.1, 0.15) is 0 Å². The van der Waals surface area contributed by atoms with Crippen molar-refractivity contribution in [3.05, 3.63) is 119 Å². The van der Waals surface area contributed by atoms with Crippen LogP contribution in [-0.2, 0) is 25.7 Å². The van der Waals surface area contributed by atoms with Crippen LogP contribution in [-0.4, -0.2) is 0 Å². The van der Waals surface area contributed by atoms with Gasteiger partial charge in [-0.05, 0) is 90.8 Å². The van der Waals surface area contributed by atoms with Crippen molar-refractivity contribution in [2.45, 2.75) is 109 Å². The van der Waals surface area contributed by atoms with E-state index in [1.807, 2.05) is 0 Å². The largest absolute Gasteiger partial charge is 0.259 e. The summed E-state index contributed by atoms with van der Waals surface area (Å²) in [5, 5.41) is 5.86. The normalized spacial score (nSPS) is 13.1. The van der Waals surface area contributed by atoms with Crippen LogP contribution in [0.15, 0.2) is 97.1 Å². The molecule has 4 aromatic rings. The quantitative estimate of drug-likeness (QED) is 0.166. The van der Waals surface area contributed by atoms with Gasteiger partial charge in [-0.25, -0.2) is 0 Å². The third kappa shape index (κ3) is 11.4. The number of hydrogen-bond acceptors (Lipinski definition) is 1. The molecule has 0 saturated carbocycles. The molecule has 1 nitrogen and oxygen atoms in total. The Kier molecular flexibility index (Phi) is 12.0. The zero-order chi connectivity index (χ0) is 34.6. The fourth-order valence-electron chi connectivity index (χ4n) is 6.37. The average molecular weight is 666 g/mol. The zero-order valence-corrected chi connectivity index (χ0v) is 33.2. The summed E-state index contributed by atoms with van der Waals surface area (Å²) in [4.78, 5) is 4.55. The van der Waals surface area contributed by atoms with Gasteiger partial charge in [0.15, 0.2) is 0 Å². The third-order valence-electron chi connectivity index (χ3n) is 8.01. The number of benzene rings is 4. The number of nitrogens with one attached hydrogen (secondary N) is 1. The molecule has 0 unspecified atom stereocenters. The van der Waals surface area contributed by atoms with E-state index in [1.165, 1.54) is 43.5 Å². The summed E-state index contributed by atoms with van der Waals surface area (Å²) in [6.07, 6.45) is 4.18. The fraction of sp³-hybridized carbons (Fsp3) is 0.455. The molecule has 0 aliphatic heterocycles. The van der Waals surface area contributed by atoms with Gasteiger partial charge in [0.2, 0.25) is 0 Å². The molecular weight excluding hydrogens is 604 g/mol. The van der Waals surface area contributed by atoms with Crippen LogP contribution in [0.25, 0.3) is 0 Å². The Balaban J connectivity index is 2.03. The van der Waals surface area contributed by atoms with Gasteiger partial charge in [-0.3, -0.25) is 4.86 Å². The Hall–Kier alpha value is -2.30. The molecule has 0 aliphatic rings. The second-order valence-electron chi connectivity index (χ2n) is 18.2. The van der Waals surface area contributed by atoms with E-state index >= 15 is 0 Å². The second kappa shape index (κ2) is 15.1. The summed E-state index contributed by atoms with van der Waals surface area (Å²) in [5.41, 5.74) is 6.60. The predicted octanol–water partition coefficient (Wildman–Crippen LogP) is 11.0. The molecule has 47 heavy (non-hydrogen) atoms. The summed E-state index contributed by atoms with van der Waals surface area (Å²) in [7, 11) is -1.79. The first kappa shape index (κ1) is 37.5. The summed E-state index contributed by atoms with van der Waals surface area (Å²) in [6, 6.07) is 37.2. The SMILES string of the molecule is CC(C)(C)Cc1ccccc1P(NP(c1ccccc1CC(C)(C)C)c1ccccc1CC(C)(C)C)c1ccccc1CC(C)(C)C. The molecule has 3 heteroatoms. The van der Waals surface area contributed by atoms with E-state index in [0.29, 0.717) is 0 Å². The first-order chi connectivity index (χ1) is 21.8. The van der Waals surface area contributed by atoms with Crippen molar-refractivity contribution in [2.24, 2.45) is 21.7 Å². The van der Waals surface area contributed by atoms with Gasteiger partial charge in [-0.1, -0.05) is 180 Å². The van der Waals surface area contributed by atoms with Crippen molar-refractivity contribution >= 4 is 37.4 Å². The van der Waals surface area contributed by atoms with Crippen molar-refractivity contribution in [3.63, 3.8) is 0 Å². The molecule has 0 bridgehead atoms. The summed E-state index contributed by atoms with van der Waals surface area (Å²) in [5.74, 6) is 0. The van der Waals surface area contributed by atoms with E-state index in [-0.39, 0.29) is 21.7 Å². The number of rotatable bonds is 10. The minimum absolute atomic E-state index is 0.186.